The molecule has 2 aliphatic rings. The molecular formula is C16H28N2O3. The van der Waals surface area contributed by atoms with Crippen LogP contribution < -0.4 is 0 Å². The van der Waals surface area contributed by atoms with Gasteiger partial charge in [-0.1, -0.05) is 13.3 Å². The summed E-state index contributed by atoms with van der Waals surface area (Å²) in [5.41, 5.74) is 0. The van der Waals surface area contributed by atoms with E-state index in [9.17, 15) is 9.59 Å². The Hall–Kier alpha value is -1.26. The van der Waals surface area contributed by atoms with Crippen LogP contribution in [0.5, 0.6) is 0 Å². The van der Waals surface area contributed by atoms with E-state index in [0.717, 1.165) is 24.8 Å². The minimum absolute atomic E-state index is 0.0453. The number of nitrogens with zero attached hydrogens (tertiary/aromatic N) is 2. The molecule has 120 valence electrons. The average Bonchev–Trinajstić information content (AvgIpc) is 3.05. The second-order valence-electron chi connectivity index (χ2n) is 6.88. The summed E-state index contributed by atoms with van der Waals surface area (Å²) in [6.07, 6.45) is 6.00. The van der Waals surface area contributed by atoms with Crippen molar-refractivity contribution in [1.82, 2.24) is 9.80 Å². The van der Waals surface area contributed by atoms with Crippen LogP contribution in [0, 0.1) is 17.8 Å². The van der Waals surface area contributed by atoms with Crippen molar-refractivity contribution in [1.29, 1.82) is 0 Å². The fourth-order valence-electron chi connectivity index (χ4n) is 4.03. The first kappa shape index (κ1) is 16.1. The first-order chi connectivity index (χ1) is 9.92. The van der Waals surface area contributed by atoms with E-state index < -0.39 is 5.97 Å². The predicted molar refractivity (Wildman–Crippen MR) is 81.1 cm³/mol. The van der Waals surface area contributed by atoms with Gasteiger partial charge in [0, 0.05) is 19.6 Å². The molecule has 2 amide bonds. The number of rotatable bonds is 6. The summed E-state index contributed by atoms with van der Waals surface area (Å²) in [4.78, 5) is 26.8. The molecule has 5 nitrogen and oxygen atoms in total. The van der Waals surface area contributed by atoms with Crippen LogP contribution in [0.1, 0.15) is 46.0 Å². The molecule has 4 unspecified atom stereocenters. The van der Waals surface area contributed by atoms with E-state index in [-0.39, 0.29) is 18.6 Å². The Kier molecular flexibility index (Phi) is 5.12. The number of urea groups is 1. The van der Waals surface area contributed by atoms with Gasteiger partial charge < -0.3 is 14.9 Å². The minimum Gasteiger partial charge on any atom is -0.480 e. The van der Waals surface area contributed by atoms with Crippen LogP contribution in [-0.2, 0) is 4.79 Å². The molecule has 21 heavy (non-hydrogen) atoms. The number of carboxylic acids is 1. The first-order valence-electron chi connectivity index (χ1n) is 8.15. The fourth-order valence-corrected chi connectivity index (χ4v) is 4.03. The van der Waals surface area contributed by atoms with Gasteiger partial charge in [0.1, 0.15) is 6.54 Å². The molecule has 2 rings (SSSR count). The zero-order chi connectivity index (χ0) is 15.6. The van der Waals surface area contributed by atoms with E-state index >= 15 is 0 Å². The third-order valence-electron chi connectivity index (χ3n) is 5.39. The molecular weight excluding hydrogens is 268 g/mol. The van der Waals surface area contributed by atoms with Crippen molar-refractivity contribution < 1.29 is 14.7 Å². The summed E-state index contributed by atoms with van der Waals surface area (Å²) in [5.74, 6) is 1.31. The molecule has 5 heteroatoms. The Labute approximate surface area is 127 Å². The van der Waals surface area contributed by atoms with Crippen molar-refractivity contribution in [3.8, 4) is 0 Å². The third kappa shape index (κ3) is 3.69. The predicted octanol–water partition coefficient (Wildman–Crippen LogP) is 2.66. The molecule has 2 saturated carbocycles. The smallest absolute Gasteiger partial charge is 0.323 e. The summed E-state index contributed by atoms with van der Waals surface area (Å²) in [6.45, 7) is 4.44. The third-order valence-corrected chi connectivity index (χ3v) is 5.39. The van der Waals surface area contributed by atoms with Gasteiger partial charge in [-0.05, 0) is 50.4 Å². The molecule has 0 spiro atoms. The normalized spacial score (nSPS) is 28.4. The summed E-state index contributed by atoms with van der Waals surface area (Å²) < 4.78 is 0. The molecule has 1 N–H and O–H groups in total. The van der Waals surface area contributed by atoms with Crippen molar-refractivity contribution >= 4 is 12.0 Å². The Bertz CT molecular complexity index is 399. The molecule has 0 aliphatic heterocycles. The van der Waals surface area contributed by atoms with Crippen LogP contribution in [0.3, 0.4) is 0 Å². The monoisotopic (exact) mass is 296 g/mol. The SMILES string of the molecule is CCC(C)N(CC(=O)O)C(=O)N(C)CC1CC2CCC1C2. The van der Waals surface area contributed by atoms with Gasteiger partial charge in [0.2, 0.25) is 0 Å². The second-order valence-corrected chi connectivity index (χ2v) is 6.88. The lowest BCUT2D eigenvalue weighted by atomic mass is 9.88. The van der Waals surface area contributed by atoms with Crippen molar-refractivity contribution in [3.63, 3.8) is 0 Å². The van der Waals surface area contributed by atoms with Crippen LogP contribution in [0.2, 0.25) is 0 Å². The van der Waals surface area contributed by atoms with E-state index in [1.807, 2.05) is 20.9 Å². The number of hydrogen-bond acceptors (Lipinski definition) is 2. The Balaban J connectivity index is 1.93. The highest BCUT2D eigenvalue weighted by atomic mass is 16.4. The van der Waals surface area contributed by atoms with Crippen LogP contribution in [0.25, 0.3) is 0 Å². The van der Waals surface area contributed by atoms with E-state index in [1.165, 1.54) is 30.6 Å². The second kappa shape index (κ2) is 6.67. The van der Waals surface area contributed by atoms with Crippen molar-refractivity contribution in [2.75, 3.05) is 20.1 Å². The van der Waals surface area contributed by atoms with Gasteiger partial charge in [-0.2, -0.15) is 0 Å². The number of amides is 2. The molecule has 2 bridgehead atoms. The van der Waals surface area contributed by atoms with Gasteiger partial charge in [-0.15, -0.1) is 0 Å². The topological polar surface area (TPSA) is 60.9 Å². The van der Waals surface area contributed by atoms with Gasteiger partial charge >= 0.3 is 12.0 Å². The molecule has 2 fully saturated rings. The first-order valence-corrected chi connectivity index (χ1v) is 8.15. The van der Waals surface area contributed by atoms with Crippen molar-refractivity contribution in [3.05, 3.63) is 0 Å². The summed E-state index contributed by atoms with van der Waals surface area (Å²) >= 11 is 0. The summed E-state index contributed by atoms with van der Waals surface area (Å²) in [7, 11) is 1.81. The Morgan fingerprint density at radius 2 is 2.00 bits per heavy atom. The van der Waals surface area contributed by atoms with Crippen LogP contribution in [-0.4, -0.2) is 53.1 Å². The van der Waals surface area contributed by atoms with Crippen LogP contribution in [0.15, 0.2) is 0 Å². The molecule has 2 aliphatic carbocycles. The number of hydrogen-bond donors (Lipinski definition) is 1. The van der Waals surface area contributed by atoms with E-state index in [2.05, 4.69) is 0 Å². The number of fused-ring (bicyclic) bond motifs is 2. The molecule has 0 aromatic carbocycles. The summed E-state index contributed by atoms with van der Waals surface area (Å²) in [6, 6.07) is -0.189. The number of carbonyl (C=O) groups excluding carboxylic acids is 1. The van der Waals surface area contributed by atoms with Gasteiger partial charge in [-0.3, -0.25) is 4.79 Å². The largest absolute Gasteiger partial charge is 0.480 e. The standard InChI is InChI=1S/C16H28N2O3/c1-4-11(2)18(10-15(19)20)16(21)17(3)9-14-8-12-5-6-13(14)7-12/h11-14H,4-10H2,1-3H3,(H,19,20). The fraction of sp³-hybridized carbons (Fsp3) is 0.875. The zero-order valence-corrected chi connectivity index (χ0v) is 13.4. The zero-order valence-electron chi connectivity index (χ0n) is 13.4. The highest BCUT2D eigenvalue weighted by Gasteiger charge is 2.40. The molecule has 0 saturated heterocycles. The van der Waals surface area contributed by atoms with E-state index in [0.29, 0.717) is 5.92 Å². The van der Waals surface area contributed by atoms with Gasteiger partial charge in [0.25, 0.3) is 0 Å². The lowest BCUT2D eigenvalue weighted by Crippen LogP contribution is -2.49. The number of carboxylic acid groups (broad SMARTS) is 1. The maximum atomic E-state index is 12.6. The molecule has 0 heterocycles. The Morgan fingerprint density at radius 1 is 1.29 bits per heavy atom. The maximum absolute atomic E-state index is 12.6. The van der Waals surface area contributed by atoms with Crippen molar-refractivity contribution in [2.45, 2.75) is 52.0 Å². The van der Waals surface area contributed by atoms with E-state index in [1.54, 1.807) is 4.90 Å². The Morgan fingerprint density at radius 3 is 2.48 bits per heavy atom. The lowest BCUT2D eigenvalue weighted by Gasteiger charge is -2.34. The van der Waals surface area contributed by atoms with Crippen LogP contribution in [0.4, 0.5) is 4.79 Å². The molecule has 0 aromatic heterocycles. The molecule has 0 radical (unpaired) electrons. The highest BCUT2D eigenvalue weighted by Crippen LogP contribution is 2.48. The summed E-state index contributed by atoms with van der Waals surface area (Å²) in [5, 5.41) is 9.02. The molecule has 4 atom stereocenters. The van der Waals surface area contributed by atoms with E-state index in [4.69, 9.17) is 5.11 Å². The van der Waals surface area contributed by atoms with Crippen molar-refractivity contribution in [2.24, 2.45) is 17.8 Å². The average molecular weight is 296 g/mol. The van der Waals surface area contributed by atoms with Gasteiger partial charge in [0.15, 0.2) is 0 Å². The van der Waals surface area contributed by atoms with Gasteiger partial charge in [-0.25, -0.2) is 4.79 Å². The van der Waals surface area contributed by atoms with Crippen LogP contribution >= 0.6 is 0 Å². The van der Waals surface area contributed by atoms with Gasteiger partial charge in [0.05, 0.1) is 0 Å². The number of aliphatic carboxylic acids is 1. The number of carbonyl (C=O) groups is 2. The quantitative estimate of drug-likeness (QED) is 0.819. The minimum atomic E-state index is -0.947. The lowest BCUT2D eigenvalue weighted by molar-refractivity contribution is -0.138. The molecule has 0 aromatic rings. The maximum Gasteiger partial charge on any atom is 0.323 e. The highest BCUT2D eigenvalue weighted by molar-refractivity contribution is 5.80.